The highest BCUT2D eigenvalue weighted by Crippen LogP contribution is 2.30. The fourth-order valence-electron chi connectivity index (χ4n) is 4.58. The standard InChI is InChI=1S/C32H43ClN2O2S.BrH/c1-3-4-5-6-7-8-9-10-11-12-13-14-23-37-31-29(16-15-17-30(31)33)32(36)34-28-20-18-27(19-21-28)25-35-22-24-38-26(35)2;/h15-22,24H,3-14,23,25H2,1-2H3;1H. The van der Waals surface area contributed by atoms with Crippen LogP contribution in [0.3, 0.4) is 0 Å². The number of benzene rings is 2. The molecule has 3 rings (SSSR count). The van der Waals surface area contributed by atoms with Crippen LogP contribution in [0.15, 0.2) is 54.0 Å². The van der Waals surface area contributed by atoms with Gasteiger partial charge in [0, 0.05) is 18.2 Å². The molecule has 0 saturated carbocycles. The molecule has 0 atom stereocenters. The van der Waals surface area contributed by atoms with Crippen molar-refractivity contribution in [3.05, 3.63) is 75.2 Å². The molecule has 4 nitrogen and oxygen atoms in total. The summed E-state index contributed by atoms with van der Waals surface area (Å²) >= 11 is 8.16. The number of carbonyl (C=O) groups is 1. The Balaban J connectivity index is 0.00000533. The van der Waals surface area contributed by atoms with Crippen molar-refractivity contribution in [2.24, 2.45) is 0 Å². The smallest absolute Gasteiger partial charge is 0.259 e. The number of hydrogen-bond acceptors (Lipinski definition) is 3. The van der Waals surface area contributed by atoms with Gasteiger partial charge in [0.05, 0.1) is 22.6 Å². The molecule has 0 aliphatic rings. The molecule has 39 heavy (non-hydrogen) atoms. The second-order valence-electron chi connectivity index (χ2n) is 10.1. The van der Waals surface area contributed by atoms with E-state index in [1.54, 1.807) is 29.5 Å². The Morgan fingerprint density at radius 3 is 2.10 bits per heavy atom. The molecule has 0 radical (unpaired) electrons. The van der Waals surface area contributed by atoms with E-state index in [9.17, 15) is 4.79 Å². The van der Waals surface area contributed by atoms with E-state index >= 15 is 0 Å². The third kappa shape index (κ3) is 12.0. The number of nitrogens with one attached hydrogen (secondary N) is 1. The molecular formula is C32H44BrClN2O2S. The van der Waals surface area contributed by atoms with Crippen molar-refractivity contribution < 1.29 is 31.1 Å². The number of amides is 1. The molecule has 214 valence electrons. The summed E-state index contributed by atoms with van der Waals surface area (Å²) in [5.74, 6) is 0.253. The Kier molecular flexibility index (Phi) is 16.4. The monoisotopic (exact) mass is 634 g/mol. The fourth-order valence-corrected chi connectivity index (χ4v) is 5.47. The molecule has 0 aliphatic carbocycles. The number of aryl methyl sites for hydroxylation is 1. The first-order valence-corrected chi connectivity index (χ1v) is 15.6. The van der Waals surface area contributed by atoms with Gasteiger partial charge in [-0.05, 0) is 30.7 Å². The average molecular weight is 636 g/mol. The third-order valence-electron chi connectivity index (χ3n) is 6.90. The molecule has 0 bridgehead atoms. The summed E-state index contributed by atoms with van der Waals surface area (Å²) in [5, 5.41) is 6.81. The first-order valence-electron chi connectivity index (χ1n) is 14.3. The van der Waals surface area contributed by atoms with Gasteiger partial charge in [-0.15, -0.1) is 0 Å². The van der Waals surface area contributed by atoms with Gasteiger partial charge in [0.1, 0.15) is 0 Å². The maximum Gasteiger partial charge on any atom is 0.259 e. The molecule has 0 saturated heterocycles. The lowest BCUT2D eigenvalue weighted by molar-refractivity contribution is -0.689. The largest absolute Gasteiger partial charge is 1.00 e. The predicted molar refractivity (Wildman–Crippen MR) is 161 cm³/mol. The summed E-state index contributed by atoms with van der Waals surface area (Å²) in [7, 11) is 0. The van der Waals surface area contributed by atoms with Crippen LogP contribution in [0.25, 0.3) is 0 Å². The van der Waals surface area contributed by atoms with Crippen LogP contribution in [0.4, 0.5) is 5.69 Å². The topological polar surface area (TPSA) is 42.2 Å². The van der Waals surface area contributed by atoms with Crippen molar-refractivity contribution in [2.45, 2.75) is 97.4 Å². The van der Waals surface area contributed by atoms with Crippen molar-refractivity contribution in [1.82, 2.24) is 0 Å². The van der Waals surface area contributed by atoms with E-state index in [-0.39, 0.29) is 22.9 Å². The Morgan fingerprint density at radius 2 is 1.51 bits per heavy atom. The number of ether oxygens (including phenoxy) is 1. The molecule has 0 fully saturated rings. The number of thiazole rings is 1. The van der Waals surface area contributed by atoms with E-state index in [0.717, 1.165) is 25.1 Å². The SMILES string of the molecule is CCCCCCCCCCCCCCOc1c(Cl)cccc1C(=O)Nc1ccc(C[n+]2ccsc2C)cc1.[Br-]. The van der Waals surface area contributed by atoms with Crippen LogP contribution in [0.1, 0.15) is 105 Å². The molecule has 0 spiro atoms. The second kappa shape index (κ2) is 19.2. The average Bonchev–Trinajstić information content (AvgIpc) is 3.32. The van der Waals surface area contributed by atoms with Gasteiger partial charge >= 0.3 is 0 Å². The number of para-hydroxylation sites is 1. The molecular weight excluding hydrogens is 592 g/mol. The van der Waals surface area contributed by atoms with E-state index < -0.39 is 0 Å². The fraction of sp³-hybridized carbons (Fsp3) is 0.500. The summed E-state index contributed by atoms with van der Waals surface area (Å²) in [6.07, 6.45) is 17.7. The normalized spacial score (nSPS) is 10.7. The first-order chi connectivity index (χ1) is 18.6. The van der Waals surface area contributed by atoms with Crippen LogP contribution in [-0.4, -0.2) is 12.5 Å². The summed E-state index contributed by atoms with van der Waals surface area (Å²) in [4.78, 5) is 13.1. The van der Waals surface area contributed by atoms with Crippen molar-refractivity contribution in [2.75, 3.05) is 11.9 Å². The van der Waals surface area contributed by atoms with E-state index in [0.29, 0.717) is 22.9 Å². The Morgan fingerprint density at radius 1 is 0.897 bits per heavy atom. The van der Waals surface area contributed by atoms with E-state index in [2.05, 4.69) is 35.3 Å². The van der Waals surface area contributed by atoms with Gasteiger partial charge in [0.2, 0.25) is 5.01 Å². The van der Waals surface area contributed by atoms with Gasteiger partial charge in [0.15, 0.2) is 18.5 Å². The Hall–Kier alpha value is -1.89. The molecule has 0 aliphatic heterocycles. The van der Waals surface area contributed by atoms with Crippen molar-refractivity contribution in [3.8, 4) is 5.75 Å². The lowest BCUT2D eigenvalue weighted by Gasteiger charge is -2.13. The zero-order chi connectivity index (χ0) is 27.0. The minimum absolute atomic E-state index is 0. The minimum atomic E-state index is -0.215. The van der Waals surface area contributed by atoms with Gasteiger partial charge in [-0.1, -0.05) is 119 Å². The summed E-state index contributed by atoms with van der Waals surface area (Å²) in [5.41, 5.74) is 2.39. The summed E-state index contributed by atoms with van der Waals surface area (Å²) < 4.78 is 8.23. The number of aromatic nitrogens is 1. The highest BCUT2D eigenvalue weighted by molar-refractivity contribution is 7.09. The third-order valence-corrected chi connectivity index (χ3v) is 8.04. The number of anilines is 1. The van der Waals surface area contributed by atoms with Gasteiger partial charge in [-0.3, -0.25) is 4.79 Å². The zero-order valence-corrected chi connectivity index (χ0v) is 26.7. The number of nitrogens with zero attached hydrogens (tertiary/aromatic N) is 1. The van der Waals surface area contributed by atoms with Gasteiger partial charge in [-0.2, -0.15) is 4.57 Å². The first kappa shape index (κ1) is 33.3. The van der Waals surface area contributed by atoms with Crippen molar-refractivity contribution in [3.63, 3.8) is 0 Å². The molecule has 1 aromatic heterocycles. The lowest BCUT2D eigenvalue weighted by atomic mass is 10.1. The molecule has 0 unspecified atom stereocenters. The van der Waals surface area contributed by atoms with Gasteiger partial charge < -0.3 is 27.0 Å². The maximum absolute atomic E-state index is 13.1. The maximum atomic E-state index is 13.1. The van der Waals surface area contributed by atoms with Crippen LogP contribution in [-0.2, 0) is 6.54 Å². The lowest BCUT2D eigenvalue weighted by Crippen LogP contribution is -3.00. The Bertz CT molecular complexity index is 1100. The molecule has 7 heteroatoms. The highest BCUT2D eigenvalue weighted by Gasteiger charge is 2.16. The predicted octanol–water partition coefficient (Wildman–Crippen LogP) is 6.38. The van der Waals surface area contributed by atoms with E-state index in [1.165, 1.54) is 74.8 Å². The highest BCUT2D eigenvalue weighted by atomic mass is 79.9. The number of carbonyl (C=O) groups excluding carboxylic acids is 1. The number of hydrogen-bond donors (Lipinski definition) is 1. The van der Waals surface area contributed by atoms with Crippen LogP contribution < -0.4 is 31.6 Å². The summed E-state index contributed by atoms with van der Waals surface area (Å²) in [6, 6.07) is 13.3. The van der Waals surface area contributed by atoms with Crippen LogP contribution in [0.5, 0.6) is 5.75 Å². The molecule has 3 aromatic rings. The number of rotatable bonds is 18. The van der Waals surface area contributed by atoms with Crippen LogP contribution >= 0.6 is 22.9 Å². The quantitative estimate of drug-likeness (QED) is 0.130. The number of unbranched alkanes of at least 4 members (excludes halogenated alkanes) is 11. The Labute approximate surface area is 254 Å². The van der Waals surface area contributed by atoms with E-state index in [4.69, 9.17) is 16.3 Å². The van der Waals surface area contributed by atoms with Crippen molar-refractivity contribution in [1.29, 1.82) is 0 Å². The molecule has 1 heterocycles. The molecule has 1 N–H and O–H groups in total. The van der Waals surface area contributed by atoms with Crippen LogP contribution in [0, 0.1) is 6.92 Å². The number of halogens is 2. The minimum Gasteiger partial charge on any atom is -1.00 e. The molecule has 2 aromatic carbocycles. The summed E-state index contributed by atoms with van der Waals surface area (Å²) in [6.45, 7) is 5.76. The van der Waals surface area contributed by atoms with Gasteiger partial charge in [0.25, 0.3) is 5.91 Å². The second-order valence-corrected chi connectivity index (χ2v) is 11.6. The van der Waals surface area contributed by atoms with Crippen molar-refractivity contribution >= 4 is 34.5 Å². The van der Waals surface area contributed by atoms with E-state index in [1.807, 2.05) is 24.3 Å². The zero-order valence-electron chi connectivity index (χ0n) is 23.5. The van der Waals surface area contributed by atoms with Crippen LogP contribution in [0.2, 0.25) is 5.02 Å². The molecule has 1 amide bonds. The van der Waals surface area contributed by atoms with Gasteiger partial charge in [-0.25, -0.2) is 0 Å².